The van der Waals surface area contributed by atoms with Crippen molar-refractivity contribution >= 4 is 29.1 Å². The predicted molar refractivity (Wildman–Crippen MR) is 143 cm³/mol. The van der Waals surface area contributed by atoms with Gasteiger partial charge in [0.05, 0.1) is 36.1 Å². The van der Waals surface area contributed by atoms with Gasteiger partial charge >= 0.3 is 6.03 Å². The monoisotopic (exact) mass is 553 g/mol. The molecule has 0 radical (unpaired) electrons. The van der Waals surface area contributed by atoms with Crippen LogP contribution in [0.3, 0.4) is 0 Å². The number of dihydropyridines is 1. The summed E-state index contributed by atoms with van der Waals surface area (Å²) in [5, 5.41) is 11.0. The van der Waals surface area contributed by atoms with Crippen molar-refractivity contribution in [2.24, 2.45) is 0 Å². The first kappa shape index (κ1) is 25.6. The summed E-state index contributed by atoms with van der Waals surface area (Å²) in [6.45, 7) is 6.43. The molecule has 2 fully saturated rings. The maximum atomic E-state index is 13.6. The van der Waals surface area contributed by atoms with Crippen molar-refractivity contribution in [1.29, 1.82) is 0 Å². The second-order valence-corrected chi connectivity index (χ2v) is 11.0. The molecule has 2 aromatic heterocycles. The zero-order chi connectivity index (χ0) is 27.0. The number of hydrogen-bond donors (Lipinski definition) is 3. The third-order valence-corrected chi connectivity index (χ3v) is 7.62. The van der Waals surface area contributed by atoms with Crippen LogP contribution < -0.4 is 20.7 Å². The number of hydrogen-bond acceptors (Lipinski definition) is 10. The summed E-state index contributed by atoms with van der Waals surface area (Å²) in [5.41, 5.74) is 3.44. The quantitative estimate of drug-likeness (QED) is 0.471. The smallest absolute Gasteiger partial charge is 0.328 e. The lowest BCUT2D eigenvalue weighted by Gasteiger charge is -2.40. The van der Waals surface area contributed by atoms with Crippen LogP contribution in [0.1, 0.15) is 26.0 Å². The van der Waals surface area contributed by atoms with Gasteiger partial charge in [0.2, 0.25) is 5.91 Å². The Morgan fingerprint density at radius 3 is 3.03 bits per heavy atom. The Bertz CT molecular complexity index is 1300. The molecule has 12 nitrogen and oxygen atoms in total. The third-order valence-electron chi connectivity index (χ3n) is 6.99. The SMILES string of the molecule is CC1(C)OC[C@H](COc2ccnc(NC(=O)N3C4=C(C=CC(C(=O)NCc5cscn5)N4)N4CC[C@H]3C4)c2)O1. The summed E-state index contributed by atoms with van der Waals surface area (Å²) in [6, 6.07) is 2.45. The van der Waals surface area contributed by atoms with E-state index >= 15 is 0 Å². The van der Waals surface area contributed by atoms with Crippen molar-refractivity contribution in [3.63, 3.8) is 0 Å². The van der Waals surface area contributed by atoms with E-state index < -0.39 is 11.8 Å². The minimum Gasteiger partial charge on any atom is -0.491 e. The Labute approximate surface area is 230 Å². The van der Waals surface area contributed by atoms with Crippen LogP contribution in [0.15, 0.2) is 52.9 Å². The lowest BCUT2D eigenvalue weighted by atomic mass is 10.1. The zero-order valence-electron chi connectivity index (χ0n) is 21.8. The highest BCUT2D eigenvalue weighted by molar-refractivity contribution is 7.07. The minimum absolute atomic E-state index is 0.0243. The Morgan fingerprint density at radius 2 is 2.23 bits per heavy atom. The molecular weight excluding hydrogens is 522 g/mol. The average molecular weight is 554 g/mol. The van der Waals surface area contributed by atoms with Crippen molar-refractivity contribution in [3.8, 4) is 5.75 Å². The molecule has 4 aliphatic rings. The van der Waals surface area contributed by atoms with Crippen molar-refractivity contribution in [2.45, 2.75) is 50.8 Å². The molecule has 6 heterocycles. The highest BCUT2D eigenvalue weighted by Crippen LogP contribution is 2.33. The van der Waals surface area contributed by atoms with Crippen LogP contribution in [0.5, 0.6) is 5.75 Å². The largest absolute Gasteiger partial charge is 0.491 e. The molecule has 39 heavy (non-hydrogen) atoms. The highest BCUT2D eigenvalue weighted by atomic mass is 32.1. The van der Waals surface area contributed by atoms with Crippen LogP contribution in [-0.2, 0) is 20.8 Å². The number of amides is 3. The summed E-state index contributed by atoms with van der Waals surface area (Å²) >= 11 is 1.48. The fourth-order valence-electron chi connectivity index (χ4n) is 5.14. The number of thiazole rings is 1. The van der Waals surface area contributed by atoms with Crippen LogP contribution in [0.25, 0.3) is 0 Å². The number of anilines is 1. The summed E-state index contributed by atoms with van der Waals surface area (Å²) in [5.74, 6) is 0.742. The minimum atomic E-state index is -0.619. The Morgan fingerprint density at radius 1 is 1.33 bits per heavy atom. The standard InChI is InChI=1S/C26H31N7O5S/c1-26(2)37-13-19(38-26)12-36-18-5-7-27-22(9-18)31-25(35)33-17-6-8-32(11-17)21-4-3-20(30-23(21)33)24(34)28-10-16-14-39-15-29-16/h3-5,7,9,14-15,17,19-20,30H,6,8,10-13H2,1-2H3,(H,28,34)(H,27,31,35)/t17-,19-,20?/m0/s1. The molecule has 4 aliphatic heterocycles. The number of nitrogens with one attached hydrogen (secondary N) is 3. The molecule has 206 valence electrons. The van der Waals surface area contributed by atoms with Gasteiger partial charge in [-0.25, -0.2) is 14.8 Å². The van der Waals surface area contributed by atoms with E-state index in [1.165, 1.54) is 11.3 Å². The summed E-state index contributed by atoms with van der Waals surface area (Å²) in [4.78, 5) is 39.0. The molecule has 13 heteroatoms. The first-order chi connectivity index (χ1) is 18.8. The number of fused-ring (bicyclic) bond motifs is 3. The average Bonchev–Trinajstić information content (AvgIpc) is 3.67. The summed E-state index contributed by atoms with van der Waals surface area (Å²) in [7, 11) is 0. The maximum absolute atomic E-state index is 13.6. The summed E-state index contributed by atoms with van der Waals surface area (Å²) < 4.78 is 17.3. The first-order valence-electron chi connectivity index (χ1n) is 12.9. The number of aromatic nitrogens is 2. The predicted octanol–water partition coefficient (Wildman–Crippen LogP) is 2.00. The van der Waals surface area contributed by atoms with E-state index in [0.717, 1.165) is 30.9 Å². The third kappa shape index (κ3) is 5.56. The molecule has 6 rings (SSSR count). The lowest BCUT2D eigenvalue weighted by molar-refractivity contribution is -0.141. The van der Waals surface area contributed by atoms with Crippen molar-refractivity contribution in [3.05, 3.63) is 58.6 Å². The zero-order valence-corrected chi connectivity index (χ0v) is 22.6. The number of pyridine rings is 1. The van der Waals surface area contributed by atoms with Gasteiger partial charge < -0.3 is 29.7 Å². The molecule has 1 unspecified atom stereocenters. The number of carbonyl (C=O) groups excluding carboxylic acids is 2. The number of rotatable bonds is 7. The Kier molecular flexibility index (Phi) is 6.87. The molecule has 2 bridgehead atoms. The number of urea groups is 1. The van der Waals surface area contributed by atoms with Crippen LogP contribution in [0.2, 0.25) is 0 Å². The van der Waals surface area contributed by atoms with Crippen LogP contribution in [0, 0.1) is 0 Å². The van der Waals surface area contributed by atoms with E-state index in [-0.39, 0.29) is 24.1 Å². The second kappa shape index (κ2) is 10.5. The Balaban J connectivity index is 1.11. The fourth-order valence-corrected chi connectivity index (χ4v) is 5.70. The van der Waals surface area contributed by atoms with E-state index in [9.17, 15) is 9.59 Å². The normalized spacial score (nSPS) is 24.8. The van der Waals surface area contributed by atoms with E-state index in [2.05, 4.69) is 30.8 Å². The molecule has 2 aromatic rings. The van der Waals surface area contributed by atoms with Crippen LogP contribution in [-0.4, -0.2) is 82.0 Å². The van der Waals surface area contributed by atoms with Crippen LogP contribution in [0.4, 0.5) is 10.6 Å². The molecule has 0 aromatic carbocycles. The van der Waals surface area contributed by atoms with Gasteiger partial charge in [-0.15, -0.1) is 11.3 Å². The van der Waals surface area contributed by atoms with Gasteiger partial charge in [0.25, 0.3) is 0 Å². The number of nitrogens with zero attached hydrogens (tertiary/aromatic N) is 4. The number of carbonyl (C=O) groups is 2. The van der Waals surface area contributed by atoms with Gasteiger partial charge in [-0.05, 0) is 32.4 Å². The molecule has 2 saturated heterocycles. The van der Waals surface area contributed by atoms with E-state index in [0.29, 0.717) is 37.1 Å². The van der Waals surface area contributed by atoms with E-state index in [1.807, 2.05) is 31.4 Å². The molecule has 0 aliphatic carbocycles. The van der Waals surface area contributed by atoms with Gasteiger partial charge in [-0.1, -0.05) is 6.08 Å². The fraction of sp³-hybridized carbons (Fsp3) is 0.462. The molecule has 0 spiro atoms. The molecule has 3 atom stereocenters. The summed E-state index contributed by atoms with van der Waals surface area (Å²) in [6.07, 6.45) is 5.99. The van der Waals surface area contributed by atoms with E-state index in [1.54, 1.807) is 28.7 Å². The molecule has 3 amide bonds. The molecule has 3 N–H and O–H groups in total. The van der Waals surface area contributed by atoms with Crippen molar-refractivity contribution < 1.29 is 23.8 Å². The van der Waals surface area contributed by atoms with Gasteiger partial charge in [0, 0.05) is 30.7 Å². The molecule has 0 saturated carbocycles. The maximum Gasteiger partial charge on any atom is 0.328 e. The lowest BCUT2D eigenvalue weighted by Crippen LogP contribution is -2.55. The van der Waals surface area contributed by atoms with Gasteiger partial charge in [0.1, 0.15) is 36.1 Å². The first-order valence-corrected chi connectivity index (χ1v) is 13.9. The molecular formula is C26H31N7O5S. The highest BCUT2D eigenvalue weighted by Gasteiger charge is 2.42. The van der Waals surface area contributed by atoms with Crippen molar-refractivity contribution in [2.75, 3.05) is 31.6 Å². The number of ether oxygens (including phenoxy) is 3. The van der Waals surface area contributed by atoms with Gasteiger partial charge in [-0.2, -0.15) is 0 Å². The number of allylic oxidation sites excluding steroid dienone is 1. The second-order valence-electron chi connectivity index (χ2n) is 10.2. The van der Waals surface area contributed by atoms with E-state index in [4.69, 9.17) is 14.2 Å². The van der Waals surface area contributed by atoms with Gasteiger partial charge in [0.15, 0.2) is 5.79 Å². The van der Waals surface area contributed by atoms with Gasteiger partial charge in [-0.3, -0.25) is 15.0 Å². The van der Waals surface area contributed by atoms with Crippen molar-refractivity contribution in [1.82, 2.24) is 30.4 Å². The Hall–Kier alpha value is -3.68. The topological polar surface area (TPSA) is 130 Å². The van der Waals surface area contributed by atoms with Crippen LogP contribution >= 0.6 is 11.3 Å².